The van der Waals surface area contributed by atoms with E-state index in [0.29, 0.717) is 5.75 Å². The largest absolute Gasteiger partial charge is 0.324 e. The lowest BCUT2D eigenvalue weighted by atomic mass is 10.1. The topological polar surface area (TPSA) is 26.3 Å². The molecule has 26 heavy (non-hydrogen) atoms. The molecule has 0 aliphatic heterocycles. The Hall–Kier alpha value is 0.290. The third-order valence-corrected chi connectivity index (χ3v) is 7.69. The van der Waals surface area contributed by atoms with Gasteiger partial charge in [0.1, 0.15) is 8.77 Å². The van der Waals surface area contributed by atoms with Gasteiger partial charge in [0.15, 0.2) is 0 Å². The fourth-order valence-corrected chi connectivity index (χ4v) is 4.75. The third-order valence-electron chi connectivity index (χ3n) is 5.49. The van der Waals surface area contributed by atoms with E-state index in [2.05, 4.69) is 20.8 Å². The average Bonchev–Trinajstić information content (AvgIpc) is 2.64. The number of hydrogen-bond donors (Lipinski definition) is 0. The molecule has 1 atom stereocenters. The van der Waals surface area contributed by atoms with Crippen LogP contribution >= 0.6 is 0 Å². The minimum Gasteiger partial charge on any atom is -0.324 e. The van der Waals surface area contributed by atoms with Gasteiger partial charge in [-0.25, -0.2) is 4.21 Å². The third kappa shape index (κ3) is 13.5. The van der Waals surface area contributed by atoms with Gasteiger partial charge in [-0.15, -0.1) is 0 Å². The maximum atomic E-state index is 11.6. The quantitative estimate of drug-likeness (QED) is 0.198. The van der Waals surface area contributed by atoms with Crippen molar-refractivity contribution in [2.24, 2.45) is 0 Å². The Labute approximate surface area is 169 Å². The lowest BCUT2D eigenvalue weighted by Gasteiger charge is -2.39. The van der Waals surface area contributed by atoms with Crippen molar-refractivity contribution in [3.8, 4) is 0 Å². The molecule has 0 N–H and O–H groups in total. The highest BCUT2D eigenvalue weighted by molar-refractivity contribution is 8.30. The highest BCUT2D eigenvalue weighted by Gasteiger charge is 2.24. The first kappa shape index (κ1) is 26.3. The van der Waals surface area contributed by atoms with Crippen LogP contribution in [0.2, 0.25) is 0 Å². The average molecular weight is 409 g/mol. The normalized spacial score (nSPS) is 14.5. The Morgan fingerprint density at radius 3 is 1.50 bits per heavy atom. The van der Waals surface area contributed by atoms with Gasteiger partial charge >= 0.3 is 0 Å². The molecule has 0 bridgehead atoms. The van der Waals surface area contributed by atoms with Crippen LogP contribution in [-0.4, -0.2) is 47.7 Å². The van der Waals surface area contributed by atoms with Crippen molar-refractivity contribution < 1.29 is 12.9 Å². The van der Waals surface area contributed by atoms with E-state index in [9.17, 15) is 4.21 Å². The molecule has 0 saturated heterocycles. The second-order valence-electron chi connectivity index (χ2n) is 7.85. The van der Waals surface area contributed by atoms with Gasteiger partial charge in [0.2, 0.25) is 0 Å². The molecule has 0 aromatic heterocycles. The van der Waals surface area contributed by atoms with Crippen LogP contribution in [0, 0.1) is 0 Å². The molecule has 0 amide bonds. The van der Waals surface area contributed by atoms with Crippen LogP contribution in [0.15, 0.2) is 0 Å². The Morgan fingerprint density at radius 1 is 0.692 bits per heavy atom. The van der Waals surface area contributed by atoms with E-state index in [1.165, 1.54) is 102 Å². The monoisotopic (exact) mass is 408 g/mol. The van der Waals surface area contributed by atoms with Crippen LogP contribution < -0.4 is 0 Å². The Bertz CT molecular complexity index is 388. The summed E-state index contributed by atoms with van der Waals surface area (Å²) in [6, 6.07) is 0. The lowest BCUT2D eigenvalue weighted by molar-refractivity contribution is -0.929. The molecule has 0 spiro atoms. The van der Waals surface area contributed by atoms with Crippen molar-refractivity contribution in [3.63, 3.8) is 0 Å². The van der Waals surface area contributed by atoms with Crippen molar-refractivity contribution in [1.82, 2.24) is 0 Å². The van der Waals surface area contributed by atoms with Crippen molar-refractivity contribution in [3.05, 3.63) is 0 Å². The van der Waals surface area contributed by atoms with E-state index in [4.69, 9.17) is 15.4 Å². The molecular formula is C21H46NO2S2+. The van der Waals surface area contributed by atoms with E-state index < -0.39 is 8.77 Å². The maximum Gasteiger partial charge on any atom is 0.143 e. The van der Waals surface area contributed by atoms with Crippen molar-refractivity contribution in [2.45, 2.75) is 97.8 Å². The molecule has 0 aliphatic rings. The summed E-state index contributed by atoms with van der Waals surface area (Å²) in [5, 5.41) is 0. The standard InChI is InChI=1S/C21H46NO2S2/c1-5-8-17-22(18-9-6-2,19-10-7-3)20-15-13-11-12-14-16-21-26(23,25)24-4/h5-21H2,1-4H3/q+1. The minimum atomic E-state index is -2.43. The predicted molar refractivity (Wildman–Crippen MR) is 120 cm³/mol. The van der Waals surface area contributed by atoms with Crippen molar-refractivity contribution >= 4 is 20.0 Å². The van der Waals surface area contributed by atoms with Crippen LogP contribution in [0.5, 0.6) is 0 Å². The van der Waals surface area contributed by atoms with E-state index in [-0.39, 0.29) is 0 Å². The fourth-order valence-electron chi connectivity index (χ4n) is 3.67. The van der Waals surface area contributed by atoms with Crippen LogP contribution in [-0.2, 0) is 24.1 Å². The van der Waals surface area contributed by atoms with Gasteiger partial charge in [0.25, 0.3) is 0 Å². The summed E-state index contributed by atoms with van der Waals surface area (Å²) in [6.07, 6.45) is 15.3. The second-order valence-corrected chi connectivity index (χ2v) is 11.2. The molecule has 0 aliphatic carbocycles. The molecule has 0 radical (unpaired) electrons. The molecule has 1 unspecified atom stereocenters. The van der Waals surface area contributed by atoms with Crippen LogP contribution in [0.25, 0.3) is 0 Å². The first-order valence-electron chi connectivity index (χ1n) is 11.1. The fraction of sp³-hybridized carbons (Fsp3) is 1.00. The molecular weight excluding hydrogens is 362 g/mol. The van der Waals surface area contributed by atoms with Gasteiger partial charge in [-0.05, 0) is 38.5 Å². The van der Waals surface area contributed by atoms with E-state index in [1.54, 1.807) is 0 Å². The summed E-state index contributed by atoms with van der Waals surface area (Å²) in [5.74, 6) is 0.532. The molecule has 3 nitrogen and oxygen atoms in total. The summed E-state index contributed by atoms with van der Waals surface area (Å²) in [4.78, 5) is 0. The zero-order valence-corrected chi connectivity index (χ0v) is 19.7. The van der Waals surface area contributed by atoms with E-state index >= 15 is 0 Å². The summed E-state index contributed by atoms with van der Waals surface area (Å²) in [5.41, 5.74) is 0. The number of quaternary nitrogens is 1. The van der Waals surface area contributed by atoms with Gasteiger partial charge in [0.05, 0.1) is 39.0 Å². The zero-order chi connectivity index (χ0) is 19.7. The molecule has 0 rings (SSSR count). The van der Waals surface area contributed by atoms with Crippen LogP contribution in [0.3, 0.4) is 0 Å². The minimum absolute atomic E-state index is 0.532. The zero-order valence-electron chi connectivity index (χ0n) is 18.1. The number of unbranched alkanes of at least 4 members (excludes halogenated alkanes) is 8. The second kappa shape index (κ2) is 16.3. The highest BCUT2D eigenvalue weighted by atomic mass is 32.8. The van der Waals surface area contributed by atoms with Gasteiger partial charge in [-0.1, -0.05) is 59.3 Å². The lowest BCUT2D eigenvalue weighted by Crippen LogP contribution is -2.50. The number of hydrogen-bond acceptors (Lipinski definition) is 3. The van der Waals surface area contributed by atoms with Crippen molar-refractivity contribution in [1.29, 1.82) is 0 Å². The van der Waals surface area contributed by atoms with Crippen LogP contribution in [0.4, 0.5) is 0 Å². The number of nitrogens with zero attached hydrogens (tertiary/aromatic N) is 1. The molecule has 0 aromatic rings. The van der Waals surface area contributed by atoms with Crippen LogP contribution in [0.1, 0.15) is 97.8 Å². The van der Waals surface area contributed by atoms with Gasteiger partial charge in [-0.3, -0.25) is 4.18 Å². The molecule has 0 heterocycles. The highest BCUT2D eigenvalue weighted by Crippen LogP contribution is 2.18. The summed E-state index contributed by atoms with van der Waals surface area (Å²) >= 11 is 4.91. The van der Waals surface area contributed by atoms with Crippen molar-refractivity contribution in [2.75, 3.05) is 39.0 Å². The van der Waals surface area contributed by atoms with Gasteiger partial charge < -0.3 is 4.48 Å². The Kier molecular flexibility index (Phi) is 16.4. The first-order valence-corrected chi connectivity index (χ1v) is 13.7. The van der Waals surface area contributed by atoms with Gasteiger partial charge in [0, 0.05) is 11.2 Å². The summed E-state index contributed by atoms with van der Waals surface area (Å²) in [7, 11) is -0.978. The molecule has 5 heteroatoms. The maximum absolute atomic E-state index is 11.6. The number of rotatable bonds is 19. The summed E-state index contributed by atoms with van der Waals surface area (Å²) in [6.45, 7) is 12.4. The predicted octanol–water partition coefficient (Wildman–Crippen LogP) is 5.85. The Morgan fingerprint density at radius 2 is 1.08 bits per heavy atom. The molecule has 0 aromatic carbocycles. The van der Waals surface area contributed by atoms with Gasteiger partial charge in [-0.2, -0.15) is 0 Å². The summed E-state index contributed by atoms with van der Waals surface area (Å²) < 4.78 is 17.9. The van der Waals surface area contributed by atoms with E-state index in [1.807, 2.05) is 0 Å². The smallest absolute Gasteiger partial charge is 0.143 e. The molecule has 0 fully saturated rings. The SMILES string of the molecule is CCCC[N+](CCCC)(CCCC)CCCCCCCCS(=O)(=S)OC. The Balaban J connectivity index is 4.16. The molecule has 0 saturated carbocycles. The molecule has 158 valence electrons. The first-order chi connectivity index (χ1) is 12.4. The van der Waals surface area contributed by atoms with E-state index in [0.717, 1.165) is 12.8 Å².